The minimum absolute atomic E-state index is 0.140. The first-order valence-electron chi connectivity index (χ1n) is 7.07. The van der Waals surface area contributed by atoms with Crippen molar-refractivity contribution in [2.45, 2.75) is 25.4 Å². The number of nitrogens with two attached hydrogens (primary N) is 1. The minimum atomic E-state index is -0.497. The van der Waals surface area contributed by atoms with Crippen LogP contribution in [0.1, 0.15) is 18.4 Å². The van der Waals surface area contributed by atoms with E-state index in [1.54, 1.807) is 13.3 Å². The summed E-state index contributed by atoms with van der Waals surface area (Å²) < 4.78 is 4.95. The van der Waals surface area contributed by atoms with Crippen molar-refractivity contribution in [3.63, 3.8) is 0 Å². The highest BCUT2D eigenvalue weighted by Crippen LogP contribution is 2.15. The first-order valence-corrected chi connectivity index (χ1v) is 7.07. The Bertz CT molecular complexity index is 596. The number of para-hydroxylation sites is 1. The summed E-state index contributed by atoms with van der Waals surface area (Å²) in [6.45, 7) is 1.05. The Hall–Kier alpha value is -1.98. The van der Waals surface area contributed by atoms with Crippen LogP contribution in [0.2, 0.25) is 0 Å². The molecule has 112 valence electrons. The van der Waals surface area contributed by atoms with Gasteiger partial charge in [0.25, 0.3) is 0 Å². The maximum atomic E-state index is 11.9. The number of fused-ring (bicyclic) bond motifs is 1. The lowest BCUT2D eigenvalue weighted by atomic mass is 10.1. The van der Waals surface area contributed by atoms with E-state index >= 15 is 0 Å². The third kappa shape index (κ3) is 4.24. The van der Waals surface area contributed by atoms with Crippen LogP contribution in [0.5, 0.6) is 0 Å². The van der Waals surface area contributed by atoms with E-state index in [0.717, 1.165) is 22.9 Å². The van der Waals surface area contributed by atoms with Crippen molar-refractivity contribution in [3.05, 3.63) is 42.1 Å². The predicted molar refractivity (Wildman–Crippen MR) is 82.7 cm³/mol. The molecule has 0 aliphatic heterocycles. The third-order valence-corrected chi connectivity index (χ3v) is 3.37. The Morgan fingerprint density at radius 1 is 1.38 bits per heavy atom. The molecule has 5 heteroatoms. The van der Waals surface area contributed by atoms with Gasteiger partial charge < -0.3 is 15.8 Å². The summed E-state index contributed by atoms with van der Waals surface area (Å²) in [6.07, 6.45) is 3.15. The lowest BCUT2D eigenvalue weighted by Gasteiger charge is -2.12. The monoisotopic (exact) mass is 287 g/mol. The zero-order valence-electron chi connectivity index (χ0n) is 12.2. The number of methoxy groups -OCH3 is 1. The van der Waals surface area contributed by atoms with Crippen molar-refractivity contribution in [1.82, 2.24) is 10.3 Å². The molecule has 0 saturated carbocycles. The smallest absolute Gasteiger partial charge is 0.237 e. The topological polar surface area (TPSA) is 77.2 Å². The molecule has 2 rings (SSSR count). The largest absolute Gasteiger partial charge is 0.385 e. The Morgan fingerprint density at radius 2 is 2.19 bits per heavy atom. The number of ether oxygens (including phenoxy) is 1. The van der Waals surface area contributed by atoms with Crippen LogP contribution in [0.25, 0.3) is 10.9 Å². The van der Waals surface area contributed by atoms with E-state index in [-0.39, 0.29) is 5.91 Å². The molecule has 5 nitrogen and oxygen atoms in total. The van der Waals surface area contributed by atoms with Gasteiger partial charge in [-0.15, -0.1) is 0 Å². The lowest BCUT2D eigenvalue weighted by molar-refractivity contribution is -0.122. The Morgan fingerprint density at radius 3 is 3.00 bits per heavy atom. The van der Waals surface area contributed by atoms with Gasteiger partial charge in [0, 0.05) is 31.8 Å². The fraction of sp³-hybridized carbons (Fsp3) is 0.375. The number of carbonyl (C=O) groups is 1. The number of nitrogens with zero attached hydrogens (tertiary/aromatic N) is 1. The highest BCUT2D eigenvalue weighted by molar-refractivity contribution is 5.84. The van der Waals surface area contributed by atoms with Gasteiger partial charge in [-0.2, -0.15) is 0 Å². The fourth-order valence-electron chi connectivity index (χ4n) is 2.20. The summed E-state index contributed by atoms with van der Waals surface area (Å²) in [6, 6.07) is 9.34. The summed E-state index contributed by atoms with van der Waals surface area (Å²) in [4.78, 5) is 16.3. The molecule has 1 atom stereocenters. The van der Waals surface area contributed by atoms with Crippen molar-refractivity contribution >= 4 is 16.8 Å². The normalized spacial score (nSPS) is 12.3. The van der Waals surface area contributed by atoms with Crippen LogP contribution in [0.15, 0.2) is 36.5 Å². The number of aromatic nitrogens is 1. The van der Waals surface area contributed by atoms with Gasteiger partial charge in [-0.3, -0.25) is 9.78 Å². The second-order valence-corrected chi connectivity index (χ2v) is 4.95. The maximum absolute atomic E-state index is 11.9. The molecule has 0 spiro atoms. The summed E-state index contributed by atoms with van der Waals surface area (Å²) in [5.41, 5.74) is 7.75. The number of benzene rings is 1. The second kappa shape index (κ2) is 7.71. The second-order valence-electron chi connectivity index (χ2n) is 4.95. The average molecular weight is 287 g/mol. The van der Waals surface area contributed by atoms with Gasteiger partial charge >= 0.3 is 0 Å². The van der Waals surface area contributed by atoms with Crippen molar-refractivity contribution in [1.29, 1.82) is 0 Å². The van der Waals surface area contributed by atoms with Crippen LogP contribution >= 0.6 is 0 Å². The molecular formula is C16H21N3O2. The SMILES string of the molecule is COCCCC(N)C(=O)NCc1cccc2cccnc12. The average Bonchev–Trinajstić information content (AvgIpc) is 2.52. The zero-order chi connectivity index (χ0) is 15.1. The lowest BCUT2D eigenvalue weighted by Crippen LogP contribution is -2.40. The van der Waals surface area contributed by atoms with Crippen molar-refractivity contribution in [3.8, 4) is 0 Å². The van der Waals surface area contributed by atoms with Crippen LogP contribution in [0.3, 0.4) is 0 Å². The molecule has 21 heavy (non-hydrogen) atoms. The van der Waals surface area contributed by atoms with Crippen LogP contribution in [-0.4, -0.2) is 30.6 Å². The van der Waals surface area contributed by atoms with Crippen molar-refractivity contribution < 1.29 is 9.53 Å². The van der Waals surface area contributed by atoms with Crippen molar-refractivity contribution in [2.75, 3.05) is 13.7 Å². The van der Waals surface area contributed by atoms with E-state index in [2.05, 4.69) is 10.3 Å². The molecule has 2 aromatic rings. The van der Waals surface area contributed by atoms with Crippen LogP contribution in [0.4, 0.5) is 0 Å². The maximum Gasteiger partial charge on any atom is 0.237 e. The number of rotatable bonds is 7. The Kier molecular flexibility index (Phi) is 5.66. The highest BCUT2D eigenvalue weighted by Gasteiger charge is 2.13. The van der Waals surface area contributed by atoms with E-state index in [0.29, 0.717) is 19.6 Å². The molecule has 0 saturated heterocycles. The molecule has 0 fully saturated rings. The number of hydrogen-bond donors (Lipinski definition) is 2. The summed E-state index contributed by atoms with van der Waals surface area (Å²) >= 11 is 0. The molecule has 0 aliphatic carbocycles. The summed E-state index contributed by atoms with van der Waals surface area (Å²) in [7, 11) is 1.64. The molecule has 1 aromatic heterocycles. The number of nitrogens with one attached hydrogen (secondary N) is 1. The molecular weight excluding hydrogens is 266 g/mol. The first kappa shape index (κ1) is 15.4. The molecule has 1 unspecified atom stereocenters. The van der Waals surface area contributed by atoms with E-state index in [9.17, 15) is 4.79 Å². The fourth-order valence-corrected chi connectivity index (χ4v) is 2.20. The Labute approximate surface area is 124 Å². The van der Waals surface area contributed by atoms with Crippen LogP contribution < -0.4 is 11.1 Å². The van der Waals surface area contributed by atoms with Gasteiger partial charge in [-0.1, -0.05) is 24.3 Å². The van der Waals surface area contributed by atoms with Crippen molar-refractivity contribution in [2.24, 2.45) is 5.73 Å². The van der Waals surface area contributed by atoms with Gasteiger partial charge in [0.05, 0.1) is 11.6 Å². The highest BCUT2D eigenvalue weighted by atomic mass is 16.5. The zero-order valence-corrected chi connectivity index (χ0v) is 12.2. The number of carbonyl (C=O) groups excluding carboxylic acids is 1. The molecule has 3 N–H and O–H groups in total. The van der Waals surface area contributed by atoms with Gasteiger partial charge in [-0.25, -0.2) is 0 Å². The van der Waals surface area contributed by atoms with Gasteiger partial charge in [0.1, 0.15) is 0 Å². The molecule has 1 amide bonds. The van der Waals surface area contributed by atoms with E-state index < -0.39 is 6.04 Å². The van der Waals surface area contributed by atoms with E-state index in [1.807, 2.05) is 30.3 Å². The molecule has 0 aliphatic rings. The quantitative estimate of drug-likeness (QED) is 0.758. The summed E-state index contributed by atoms with van der Waals surface area (Å²) in [5, 5.41) is 3.94. The standard InChI is InChI=1S/C16H21N3O2/c1-21-10-4-8-14(17)16(20)19-11-13-6-2-5-12-7-3-9-18-15(12)13/h2-3,5-7,9,14H,4,8,10-11,17H2,1H3,(H,19,20). The van der Waals surface area contributed by atoms with Gasteiger partial charge in [-0.05, 0) is 24.5 Å². The molecule has 0 radical (unpaired) electrons. The van der Waals surface area contributed by atoms with E-state index in [1.165, 1.54) is 0 Å². The number of pyridine rings is 1. The molecule has 0 bridgehead atoms. The molecule has 1 aromatic carbocycles. The first-order chi connectivity index (χ1) is 10.2. The summed E-state index contributed by atoms with van der Waals surface area (Å²) in [5.74, 6) is -0.140. The van der Waals surface area contributed by atoms with E-state index in [4.69, 9.17) is 10.5 Å². The van der Waals surface area contributed by atoms with Crippen LogP contribution in [-0.2, 0) is 16.1 Å². The van der Waals surface area contributed by atoms with Crippen LogP contribution in [0, 0.1) is 0 Å². The van der Waals surface area contributed by atoms with Gasteiger partial charge in [0.2, 0.25) is 5.91 Å². The van der Waals surface area contributed by atoms with Gasteiger partial charge in [0.15, 0.2) is 0 Å². The number of amides is 1. The predicted octanol–water partition coefficient (Wildman–Crippen LogP) is 1.60. The number of hydrogen-bond acceptors (Lipinski definition) is 4. The minimum Gasteiger partial charge on any atom is -0.385 e. The third-order valence-electron chi connectivity index (χ3n) is 3.37. The Balaban J connectivity index is 1.94. The molecule has 1 heterocycles.